The third-order valence-electron chi connectivity index (χ3n) is 3.27. The number of sulfonamides is 1. The maximum atomic E-state index is 12.5. The van der Waals surface area contributed by atoms with Gasteiger partial charge in [0.1, 0.15) is 0 Å². The molecule has 1 aliphatic heterocycles. The Bertz CT molecular complexity index is 544. The van der Waals surface area contributed by atoms with Gasteiger partial charge in [0, 0.05) is 23.4 Å². The predicted molar refractivity (Wildman–Crippen MR) is 82.6 cm³/mol. The van der Waals surface area contributed by atoms with Crippen molar-refractivity contribution in [2.45, 2.75) is 23.8 Å². The maximum Gasteiger partial charge on any atom is 0.243 e. The molecule has 4 nitrogen and oxygen atoms in total. The third kappa shape index (κ3) is 3.95. The maximum absolute atomic E-state index is 12.5. The third-order valence-corrected chi connectivity index (χ3v) is 5.81. The second kappa shape index (κ2) is 7.22. The number of nitrogens with zero attached hydrogens (tertiary/aromatic N) is 1. The summed E-state index contributed by atoms with van der Waals surface area (Å²) in [7, 11) is -3.41. The largest absolute Gasteiger partial charge is 0.377 e. The van der Waals surface area contributed by atoms with Crippen LogP contribution < -0.4 is 0 Å². The summed E-state index contributed by atoms with van der Waals surface area (Å²) in [6.45, 7) is 1.49. The predicted octanol–water partition coefficient (Wildman–Crippen LogP) is 2.86. The highest BCUT2D eigenvalue weighted by Gasteiger charge is 2.29. The Kier molecular flexibility index (Phi) is 5.86. The summed E-state index contributed by atoms with van der Waals surface area (Å²) in [6.07, 6.45) is 1.54. The highest BCUT2D eigenvalue weighted by molar-refractivity contribution is 9.10. The summed E-state index contributed by atoms with van der Waals surface area (Å²) in [5, 5.41) is 0. The van der Waals surface area contributed by atoms with Gasteiger partial charge < -0.3 is 4.74 Å². The molecule has 0 amide bonds. The molecule has 1 aromatic carbocycles. The van der Waals surface area contributed by atoms with Crippen molar-refractivity contribution in [2.75, 3.05) is 25.6 Å². The van der Waals surface area contributed by atoms with Crippen LogP contribution in [0.4, 0.5) is 0 Å². The van der Waals surface area contributed by atoms with Gasteiger partial charge in [-0.2, -0.15) is 4.31 Å². The standard InChI is InChI=1S/C13H17BrClNO3S/c14-11-2-1-3-13(10-11)20(17,18)16-7-4-12(5-8-16)19-9-6-15/h1-3,10,12H,4-9H2. The van der Waals surface area contributed by atoms with Crippen LogP contribution >= 0.6 is 27.5 Å². The quantitative estimate of drug-likeness (QED) is 0.736. The van der Waals surface area contributed by atoms with Crippen LogP contribution in [0, 0.1) is 0 Å². The molecule has 0 spiro atoms. The van der Waals surface area contributed by atoms with E-state index in [0.717, 1.165) is 4.47 Å². The molecular formula is C13H17BrClNO3S. The van der Waals surface area contributed by atoms with Gasteiger partial charge in [0.2, 0.25) is 10.0 Å². The summed E-state index contributed by atoms with van der Waals surface area (Å²) in [4.78, 5) is 0.326. The summed E-state index contributed by atoms with van der Waals surface area (Å²) in [5.74, 6) is 0.469. The number of ether oxygens (including phenoxy) is 1. The van der Waals surface area contributed by atoms with Crippen molar-refractivity contribution in [3.05, 3.63) is 28.7 Å². The molecule has 112 valence electrons. The van der Waals surface area contributed by atoms with E-state index >= 15 is 0 Å². The van der Waals surface area contributed by atoms with E-state index in [1.54, 1.807) is 18.2 Å². The molecule has 0 bridgehead atoms. The van der Waals surface area contributed by atoms with E-state index < -0.39 is 10.0 Å². The molecular weight excluding hydrogens is 366 g/mol. The molecule has 0 atom stereocenters. The SMILES string of the molecule is O=S(=O)(c1cccc(Br)c1)N1CCC(OCCCl)CC1. The van der Waals surface area contributed by atoms with Crippen molar-refractivity contribution in [1.29, 1.82) is 0 Å². The van der Waals surface area contributed by atoms with Crippen LogP contribution in [-0.2, 0) is 14.8 Å². The lowest BCUT2D eigenvalue weighted by atomic mass is 10.1. The minimum atomic E-state index is -3.41. The number of halogens is 2. The van der Waals surface area contributed by atoms with E-state index in [4.69, 9.17) is 16.3 Å². The van der Waals surface area contributed by atoms with Crippen molar-refractivity contribution in [2.24, 2.45) is 0 Å². The fourth-order valence-corrected chi connectivity index (χ4v) is 4.38. The number of hydrogen-bond acceptors (Lipinski definition) is 3. The Morgan fingerprint density at radius 1 is 1.35 bits per heavy atom. The van der Waals surface area contributed by atoms with Gasteiger partial charge in [0.05, 0.1) is 17.6 Å². The van der Waals surface area contributed by atoms with E-state index in [2.05, 4.69) is 15.9 Å². The van der Waals surface area contributed by atoms with Crippen molar-refractivity contribution in [1.82, 2.24) is 4.31 Å². The molecule has 0 aromatic heterocycles. The molecule has 0 radical (unpaired) electrons. The van der Waals surface area contributed by atoms with Crippen molar-refractivity contribution in [3.63, 3.8) is 0 Å². The smallest absolute Gasteiger partial charge is 0.243 e. The van der Waals surface area contributed by atoms with Gasteiger partial charge in [-0.05, 0) is 31.0 Å². The van der Waals surface area contributed by atoms with E-state index in [-0.39, 0.29) is 6.10 Å². The van der Waals surface area contributed by atoms with Crippen molar-refractivity contribution < 1.29 is 13.2 Å². The average molecular weight is 383 g/mol. The van der Waals surface area contributed by atoms with Crippen LogP contribution in [0.1, 0.15) is 12.8 Å². The minimum Gasteiger partial charge on any atom is -0.377 e. The second-order valence-corrected chi connectivity index (χ2v) is 7.85. The normalized spacial score (nSPS) is 18.3. The van der Waals surface area contributed by atoms with Crippen LogP contribution in [0.5, 0.6) is 0 Å². The topological polar surface area (TPSA) is 46.6 Å². The zero-order chi connectivity index (χ0) is 14.6. The van der Waals surface area contributed by atoms with E-state index in [1.165, 1.54) is 4.31 Å². The first-order chi connectivity index (χ1) is 9.54. The monoisotopic (exact) mass is 381 g/mol. The fraction of sp³-hybridized carbons (Fsp3) is 0.538. The van der Waals surface area contributed by atoms with Gasteiger partial charge in [-0.25, -0.2) is 8.42 Å². The molecule has 2 rings (SSSR count). The van der Waals surface area contributed by atoms with Gasteiger partial charge in [0.15, 0.2) is 0 Å². The molecule has 1 aliphatic rings. The fourth-order valence-electron chi connectivity index (χ4n) is 2.23. The van der Waals surface area contributed by atoms with Crippen LogP contribution in [0.15, 0.2) is 33.6 Å². The molecule has 1 fully saturated rings. The molecule has 0 N–H and O–H groups in total. The van der Waals surface area contributed by atoms with Gasteiger partial charge in [-0.3, -0.25) is 0 Å². The molecule has 7 heteroatoms. The molecule has 1 saturated heterocycles. The highest BCUT2D eigenvalue weighted by Crippen LogP contribution is 2.24. The average Bonchev–Trinajstić information content (AvgIpc) is 2.45. The number of benzene rings is 1. The Balaban J connectivity index is 2.02. The molecule has 1 aromatic rings. The Morgan fingerprint density at radius 3 is 2.65 bits per heavy atom. The first kappa shape index (κ1) is 16.2. The highest BCUT2D eigenvalue weighted by atomic mass is 79.9. The van der Waals surface area contributed by atoms with Crippen LogP contribution in [-0.4, -0.2) is 44.4 Å². The van der Waals surface area contributed by atoms with Crippen molar-refractivity contribution >= 4 is 37.6 Å². The van der Waals surface area contributed by atoms with E-state index in [1.807, 2.05) is 6.07 Å². The molecule has 0 unspecified atom stereocenters. The molecule has 1 heterocycles. The number of hydrogen-bond donors (Lipinski definition) is 0. The minimum absolute atomic E-state index is 0.114. The van der Waals surface area contributed by atoms with Crippen molar-refractivity contribution in [3.8, 4) is 0 Å². The summed E-state index contributed by atoms with van der Waals surface area (Å²) < 4.78 is 32.8. The van der Waals surface area contributed by atoms with Gasteiger partial charge in [-0.1, -0.05) is 22.0 Å². The first-order valence-corrected chi connectivity index (χ1v) is 9.24. The molecule has 20 heavy (non-hydrogen) atoms. The van der Waals surface area contributed by atoms with Gasteiger partial charge in [0.25, 0.3) is 0 Å². The number of alkyl halides is 1. The van der Waals surface area contributed by atoms with Gasteiger partial charge >= 0.3 is 0 Å². The number of piperidine rings is 1. The van der Waals surface area contributed by atoms with Crippen LogP contribution in [0.25, 0.3) is 0 Å². The Morgan fingerprint density at radius 2 is 2.05 bits per heavy atom. The van der Waals surface area contributed by atoms with Gasteiger partial charge in [-0.15, -0.1) is 11.6 Å². The van der Waals surface area contributed by atoms with E-state index in [9.17, 15) is 8.42 Å². The molecule has 0 aliphatic carbocycles. The Labute approximate surface area is 133 Å². The Hall–Kier alpha value is -0.140. The second-order valence-electron chi connectivity index (χ2n) is 4.62. The zero-order valence-corrected chi connectivity index (χ0v) is 14.1. The lowest BCUT2D eigenvalue weighted by Gasteiger charge is -2.31. The first-order valence-electron chi connectivity index (χ1n) is 6.47. The summed E-state index contributed by atoms with van der Waals surface area (Å²) in [5.41, 5.74) is 0. The zero-order valence-electron chi connectivity index (χ0n) is 11.0. The van der Waals surface area contributed by atoms with Crippen LogP contribution in [0.3, 0.4) is 0 Å². The summed E-state index contributed by atoms with van der Waals surface area (Å²) >= 11 is 8.88. The summed E-state index contributed by atoms with van der Waals surface area (Å²) in [6, 6.07) is 6.79. The van der Waals surface area contributed by atoms with E-state index in [0.29, 0.717) is 43.3 Å². The van der Waals surface area contributed by atoms with Crippen LogP contribution in [0.2, 0.25) is 0 Å². The number of rotatable bonds is 5. The molecule has 0 saturated carbocycles. The lowest BCUT2D eigenvalue weighted by Crippen LogP contribution is -2.41. The lowest BCUT2D eigenvalue weighted by molar-refractivity contribution is 0.0301.